The molecule has 19 heavy (non-hydrogen) atoms. The molecule has 1 aromatic heterocycles. The number of carbonyl (C=O) groups excluding carboxylic acids is 1. The molecule has 0 bridgehead atoms. The molecule has 2 rings (SSSR count). The number of nitrogens with two attached hydrogens (primary N) is 1. The largest absolute Gasteiger partial charge is 0.480 e. The van der Waals surface area contributed by atoms with E-state index < -0.39 is 0 Å². The van der Waals surface area contributed by atoms with E-state index in [9.17, 15) is 4.79 Å². The first-order chi connectivity index (χ1) is 9.04. The van der Waals surface area contributed by atoms with Crippen molar-refractivity contribution < 1.29 is 9.53 Å². The Labute approximate surface area is 113 Å². The Hall–Kier alpha value is -1.56. The zero-order chi connectivity index (χ0) is 14.0. The molecule has 1 aliphatic rings. The van der Waals surface area contributed by atoms with Gasteiger partial charge in [-0.2, -0.15) is 5.10 Å². The number of likely N-dealkylation sites (tertiary alicyclic amines) is 1. The normalized spacial score (nSPS) is 18.9. The van der Waals surface area contributed by atoms with Gasteiger partial charge in [-0.05, 0) is 26.7 Å². The van der Waals surface area contributed by atoms with Gasteiger partial charge in [0.1, 0.15) is 5.69 Å². The molecule has 1 aromatic rings. The molecule has 1 saturated heterocycles. The van der Waals surface area contributed by atoms with Gasteiger partial charge in [-0.15, -0.1) is 0 Å². The fourth-order valence-corrected chi connectivity index (χ4v) is 2.59. The fourth-order valence-electron chi connectivity index (χ4n) is 2.59. The van der Waals surface area contributed by atoms with E-state index in [1.165, 1.54) is 0 Å². The summed E-state index contributed by atoms with van der Waals surface area (Å²) >= 11 is 0. The first-order valence-electron chi connectivity index (χ1n) is 6.67. The molecule has 1 amide bonds. The highest BCUT2D eigenvalue weighted by Gasteiger charge is 2.28. The van der Waals surface area contributed by atoms with Crippen LogP contribution in [0.5, 0.6) is 5.75 Å². The average Bonchev–Trinajstić information content (AvgIpc) is 2.94. The molecule has 0 aliphatic carbocycles. The van der Waals surface area contributed by atoms with Crippen molar-refractivity contribution in [2.75, 3.05) is 19.7 Å². The highest BCUT2D eigenvalue weighted by Crippen LogP contribution is 2.22. The lowest BCUT2D eigenvalue weighted by Crippen LogP contribution is -2.42. The van der Waals surface area contributed by atoms with Crippen molar-refractivity contribution in [2.45, 2.75) is 32.7 Å². The molecule has 2 N–H and O–H groups in total. The first-order valence-corrected chi connectivity index (χ1v) is 6.67. The third-order valence-corrected chi connectivity index (χ3v) is 3.75. The molecule has 1 atom stereocenters. The van der Waals surface area contributed by atoms with E-state index in [-0.39, 0.29) is 18.6 Å². The SMILES string of the molecule is Cc1nn(C)c(C)c1OCC(=O)N1CCC[C@@H]1CN. The maximum absolute atomic E-state index is 12.1. The number of rotatable bonds is 4. The van der Waals surface area contributed by atoms with E-state index in [0.29, 0.717) is 12.3 Å². The molecule has 1 aliphatic heterocycles. The molecular formula is C13H22N4O2. The number of hydrogen-bond acceptors (Lipinski definition) is 4. The maximum Gasteiger partial charge on any atom is 0.260 e. The minimum absolute atomic E-state index is 0.00982. The molecule has 106 valence electrons. The van der Waals surface area contributed by atoms with Crippen LogP contribution < -0.4 is 10.5 Å². The Morgan fingerprint density at radius 2 is 2.26 bits per heavy atom. The third-order valence-electron chi connectivity index (χ3n) is 3.75. The summed E-state index contributed by atoms with van der Waals surface area (Å²) < 4.78 is 7.40. The summed E-state index contributed by atoms with van der Waals surface area (Å²) in [5, 5.41) is 4.26. The molecular weight excluding hydrogens is 244 g/mol. The molecule has 2 heterocycles. The highest BCUT2D eigenvalue weighted by atomic mass is 16.5. The van der Waals surface area contributed by atoms with Crippen molar-refractivity contribution in [1.82, 2.24) is 14.7 Å². The van der Waals surface area contributed by atoms with E-state index >= 15 is 0 Å². The van der Waals surface area contributed by atoms with Crippen LogP contribution in [0.4, 0.5) is 0 Å². The standard InChI is InChI=1S/C13H22N4O2/c1-9-13(10(2)16(3)15-9)19-8-12(18)17-6-4-5-11(17)7-14/h11H,4-8,14H2,1-3H3/t11-/m1/s1. The first kappa shape index (κ1) is 13.9. The molecule has 0 aromatic carbocycles. The second kappa shape index (κ2) is 5.61. The van der Waals surface area contributed by atoms with Crippen molar-refractivity contribution in [3.63, 3.8) is 0 Å². The lowest BCUT2D eigenvalue weighted by atomic mass is 10.2. The van der Waals surface area contributed by atoms with Crippen LogP contribution in [0.15, 0.2) is 0 Å². The summed E-state index contributed by atoms with van der Waals surface area (Å²) in [5.74, 6) is 0.718. The van der Waals surface area contributed by atoms with Crippen LogP contribution in [0.25, 0.3) is 0 Å². The van der Waals surface area contributed by atoms with Gasteiger partial charge < -0.3 is 15.4 Å². The van der Waals surface area contributed by atoms with Gasteiger partial charge in [0.05, 0.1) is 5.69 Å². The summed E-state index contributed by atoms with van der Waals surface area (Å²) in [6.45, 7) is 5.18. The van der Waals surface area contributed by atoms with Crippen LogP contribution in [0.3, 0.4) is 0 Å². The topological polar surface area (TPSA) is 73.4 Å². The molecule has 6 heteroatoms. The van der Waals surface area contributed by atoms with Crippen molar-refractivity contribution >= 4 is 5.91 Å². The lowest BCUT2D eigenvalue weighted by Gasteiger charge is -2.23. The molecule has 0 spiro atoms. The summed E-state index contributed by atoms with van der Waals surface area (Å²) in [6.07, 6.45) is 2.02. The summed E-state index contributed by atoms with van der Waals surface area (Å²) in [7, 11) is 1.86. The minimum atomic E-state index is 0.00982. The molecule has 0 unspecified atom stereocenters. The molecule has 6 nitrogen and oxygen atoms in total. The van der Waals surface area contributed by atoms with Crippen LogP contribution >= 0.6 is 0 Å². The van der Waals surface area contributed by atoms with Gasteiger partial charge in [0.15, 0.2) is 12.4 Å². The second-order valence-electron chi connectivity index (χ2n) is 5.03. The predicted octanol–water partition coefficient (Wildman–Crippen LogP) is 0.365. The smallest absolute Gasteiger partial charge is 0.260 e. The van der Waals surface area contributed by atoms with Gasteiger partial charge >= 0.3 is 0 Å². The Morgan fingerprint density at radius 3 is 2.84 bits per heavy atom. The van der Waals surface area contributed by atoms with Gasteiger partial charge in [-0.3, -0.25) is 9.48 Å². The van der Waals surface area contributed by atoms with Gasteiger partial charge in [-0.25, -0.2) is 0 Å². The van der Waals surface area contributed by atoms with Crippen LogP contribution in [0, 0.1) is 13.8 Å². The van der Waals surface area contributed by atoms with E-state index in [1.807, 2.05) is 25.8 Å². The molecule has 1 fully saturated rings. The number of aromatic nitrogens is 2. The fraction of sp³-hybridized carbons (Fsp3) is 0.692. The summed E-state index contributed by atoms with van der Waals surface area (Å²) in [4.78, 5) is 14.0. The van der Waals surface area contributed by atoms with Crippen molar-refractivity contribution in [3.05, 3.63) is 11.4 Å². The minimum Gasteiger partial charge on any atom is -0.480 e. The number of nitrogens with zero attached hydrogens (tertiary/aromatic N) is 3. The van der Waals surface area contributed by atoms with Crippen molar-refractivity contribution in [2.24, 2.45) is 12.8 Å². The van der Waals surface area contributed by atoms with Crippen LogP contribution in [0.1, 0.15) is 24.2 Å². The Kier molecular flexibility index (Phi) is 4.09. The monoisotopic (exact) mass is 266 g/mol. The molecule has 0 saturated carbocycles. The number of hydrogen-bond donors (Lipinski definition) is 1. The number of aryl methyl sites for hydroxylation is 2. The molecule has 0 radical (unpaired) electrons. The van der Waals surface area contributed by atoms with Gasteiger partial charge in [-0.1, -0.05) is 0 Å². The lowest BCUT2D eigenvalue weighted by molar-refractivity contribution is -0.134. The zero-order valence-corrected chi connectivity index (χ0v) is 11.8. The number of amides is 1. The maximum atomic E-state index is 12.1. The quantitative estimate of drug-likeness (QED) is 0.854. The zero-order valence-electron chi connectivity index (χ0n) is 11.8. The van der Waals surface area contributed by atoms with E-state index in [0.717, 1.165) is 30.8 Å². The highest BCUT2D eigenvalue weighted by molar-refractivity contribution is 5.78. The number of carbonyl (C=O) groups is 1. The van der Waals surface area contributed by atoms with Crippen molar-refractivity contribution in [1.29, 1.82) is 0 Å². The second-order valence-corrected chi connectivity index (χ2v) is 5.03. The Balaban J connectivity index is 1.97. The predicted molar refractivity (Wildman–Crippen MR) is 72.0 cm³/mol. The van der Waals surface area contributed by atoms with E-state index in [1.54, 1.807) is 4.68 Å². The Morgan fingerprint density at radius 1 is 1.53 bits per heavy atom. The van der Waals surface area contributed by atoms with Gasteiger partial charge in [0, 0.05) is 26.2 Å². The van der Waals surface area contributed by atoms with Crippen LogP contribution in [-0.2, 0) is 11.8 Å². The van der Waals surface area contributed by atoms with Crippen LogP contribution in [-0.4, -0.2) is 46.3 Å². The third kappa shape index (κ3) is 2.73. The van der Waals surface area contributed by atoms with E-state index in [2.05, 4.69) is 5.10 Å². The number of ether oxygens (including phenoxy) is 1. The summed E-state index contributed by atoms with van der Waals surface area (Å²) in [5.41, 5.74) is 7.42. The van der Waals surface area contributed by atoms with Crippen LogP contribution in [0.2, 0.25) is 0 Å². The van der Waals surface area contributed by atoms with Crippen molar-refractivity contribution in [3.8, 4) is 5.75 Å². The Bertz CT molecular complexity index is 469. The van der Waals surface area contributed by atoms with Gasteiger partial charge in [0.25, 0.3) is 5.91 Å². The summed E-state index contributed by atoms with van der Waals surface area (Å²) in [6, 6.07) is 0.173. The van der Waals surface area contributed by atoms with E-state index in [4.69, 9.17) is 10.5 Å². The average molecular weight is 266 g/mol. The van der Waals surface area contributed by atoms with Gasteiger partial charge in [0.2, 0.25) is 0 Å².